The van der Waals surface area contributed by atoms with Gasteiger partial charge in [-0.3, -0.25) is 0 Å². The summed E-state index contributed by atoms with van der Waals surface area (Å²) in [4.78, 5) is 11.5. The van der Waals surface area contributed by atoms with Gasteiger partial charge in [-0.25, -0.2) is 14.3 Å². The molecule has 4 nitrogen and oxygen atoms in total. The number of aromatic nitrogens is 3. The molecule has 0 saturated carbocycles. The van der Waals surface area contributed by atoms with Crippen molar-refractivity contribution in [3.8, 4) is 0 Å². The number of thiazole rings is 1. The Morgan fingerprint density at radius 2 is 1.05 bits per heavy atom. The molecular weight excluding hydrogens is 555 g/mol. The van der Waals surface area contributed by atoms with Gasteiger partial charge >= 0.3 is 0 Å². The maximum atomic E-state index is 5.34. The second-order valence-electron chi connectivity index (χ2n) is 13.4. The molecule has 0 aliphatic carbocycles. The van der Waals surface area contributed by atoms with E-state index in [2.05, 4.69) is 118 Å². The molecule has 0 N–H and O–H groups in total. The molecule has 0 spiro atoms. The van der Waals surface area contributed by atoms with Crippen LogP contribution >= 0.6 is 22.9 Å². The molecule has 0 atom stereocenters. The summed E-state index contributed by atoms with van der Waals surface area (Å²) in [6, 6.07) is 0. The first kappa shape index (κ1) is 44.9. The lowest BCUT2D eigenvalue weighted by Gasteiger charge is -2.19. The van der Waals surface area contributed by atoms with Gasteiger partial charge in [0.25, 0.3) is 0 Å². The molecule has 0 aliphatic rings. The van der Waals surface area contributed by atoms with Crippen molar-refractivity contribution in [1.29, 1.82) is 0 Å². The summed E-state index contributed by atoms with van der Waals surface area (Å²) < 4.78 is 9.59. The summed E-state index contributed by atoms with van der Waals surface area (Å²) in [5, 5.41) is 0. The Bertz CT molecular complexity index is 903. The van der Waals surface area contributed by atoms with Crippen LogP contribution in [-0.2, 0) is 16.2 Å². The van der Waals surface area contributed by atoms with E-state index in [1.165, 1.54) is 27.4 Å². The minimum Gasteiger partial charge on any atom is -0.448 e. The molecule has 6 heteroatoms. The normalized spacial score (nSPS) is 11.1. The molecule has 3 aromatic heterocycles. The van der Waals surface area contributed by atoms with E-state index < -0.39 is 0 Å². The van der Waals surface area contributed by atoms with E-state index in [0.29, 0.717) is 17.8 Å². The Hall–Kier alpha value is -1.53. The molecular formula is C36H69N3OS2. The van der Waals surface area contributed by atoms with Crippen LogP contribution in [0, 0.1) is 0 Å². The van der Waals surface area contributed by atoms with Gasteiger partial charge < -0.3 is 4.42 Å². The van der Waals surface area contributed by atoms with Gasteiger partial charge in [0.2, 0.25) is 0 Å². The quantitative estimate of drug-likeness (QED) is 0.291. The predicted octanol–water partition coefficient (Wildman–Crippen LogP) is 13.3. The van der Waals surface area contributed by atoms with Gasteiger partial charge in [-0.05, 0) is 34.3 Å². The fraction of sp³-hybridized carbons (Fsp3) is 0.750. The van der Waals surface area contributed by atoms with Crippen LogP contribution in [0.3, 0.4) is 0 Å². The number of hydrogen-bond acceptors (Lipinski definition) is 6. The fourth-order valence-corrected chi connectivity index (χ4v) is 5.64. The van der Waals surface area contributed by atoms with E-state index in [9.17, 15) is 0 Å². The average molecular weight is 624 g/mol. The van der Waals surface area contributed by atoms with Crippen molar-refractivity contribution < 1.29 is 4.42 Å². The minimum atomic E-state index is 0.0899. The van der Waals surface area contributed by atoms with Gasteiger partial charge in [0, 0.05) is 32.7 Å². The van der Waals surface area contributed by atoms with Crippen LogP contribution in [-0.4, -0.2) is 14.3 Å². The average Bonchev–Trinajstić information content (AvgIpc) is 3.67. The van der Waals surface area contributed by atoms with Crippen molar-refractivity contribution >= 4 is 22.9 Å². The number of oxazole rings is 1. The molecule has 3 aromatic rings. The molecule has 0 radical (unpaired) electrons. The first-order chi connectivity index (χ1) is 19.3. The SMILES string of the molecule is CC.CC.CC.CC(C)c1ocnc1C(C)(C)C.CC(C)c1scnc1C(C)(C)C.CC(C)c1sncc1C(C)(C)C. The monoisotopic (exact) mass is 623 g/mol. The Labute approximate surface area is 270 Å². The zero-order chi connectivity index (χ0) is 34.1. The Morgan fingerprint density at radius 3 is 1.33 bits per heavy atom. The molecule has 0 fully saturated rings. The van der Waals surface area contributed by atoms with Crippen molar-refractivity contribution in [2.75, 3.05) is 0 Å². The summed E-state index contributed by atoms with van der Waals surface area (Å²) in [6.45, 7) is 45.0. The topological polar surface area (TPSA) is 51.8 Å². The van der Waals surface area contributed by atoms with Crippen molar-refractivity contribution in [3.05, 3.63) is 50.6 Å². The lowest BCUT2D eigenvalue weighted by Crippen LogP contribution is -2.14. The van der Waals surface area contributed by atoms with E-state index in [0.717, 1.165) is 11.5 Å². The maximum Gasteiger partial charge on any atom is 0.181 e. The summed E-state index contributed by atoms with van der Waals surface area (Å²) >= 11 is 3.41. The van der Waals surface area contributed by atoms with E-state index in [1.807, 2.05) is 53.2 Å². The van der Waals surface area contributed by atoms with Crippen LogP contribution in [0.1, 0.15) is 196 Å². The molecule has 42 heavy (non-hydrogen) atoms. The Kier molecular flexibility index (Phi) is 22.7. The highest BCUT2D eigenvalue weighted by Crippen LogP contribution is 2.33. The minimum absolute atomic E-state index is 0.0899. The largest absolute Gasteiger partial charge is 0.448 e. The Morgan fingerprint density at radius 1 is 0.595 bits per heavy atom. The highest BCUT2D eigenvalue weighted by atomic mass is 32.1. The molecule has 246 valence electrons. The maximum absolute atomic E-state index is 5.34. The third-order valence-corrected chi connectivity index (χ3v) is 7.82. The summed E-state index contributed by atoms with van der Waals surface area (Å²) in [5.74, 6) is 2.64. The second-order valence-corrected chi connectivity index (χ2v) is 15.2. The van der Waals surface area contributed by atoms with Crippen molar-refractivity contribution in [2.24, 2.45) is 0 Å². The van der Waals surface area contributed by atoms with Crippen LogP contribution in [0.4, 0.5) is 0 Å². The zero-order valence-corrected chi connectivity index (χ0v) is 33.2. The molecule has 0 saturated heterocycles. The summed E-state index contributed by atoms with van der Waals surface area (Å²) in [5.41, 5.74) is 6.23. The Balaban J connectivity index is -0.000000497. The highest BCUT2D eigenvalue weighted by molar-refractivity contribution is 7.09. The number of nitrogens with zero attached hydrogens (tertiary/aromatic N) is 3. The van der Waals surface area contributed by atoms with Gasteiger partial charge in [-0.2, -0.15) is 0 Å². The third-order valence-electron chi connectivity index (χ3n) is 5.59. The highest BCUT2D eigenvalue weighted by Gasteiger charge is 2.24. The number of rotatable bonds is 3. The summed E-state index contributed by atoms with van der Waals surface area (Å²) in [6.07, 6.45) is 3.55. The van der Waals surface area contributed by atoms with Gasteiger partial charge in [0.05, 0.1) is 16.9 Å². The van der Waals surface area contributed by atoms with Gasteiger partial charge in [-0.1, -0.05) is 145 Å². The van der Waals surface area contributed by atoms with E-state index in [-0.39, 0.29) is 16.2 Å². The molecule has 0 amide bonds. The molecule has 3 rings (SSSR count). The van der Waals surface area contributed by atoms with Gasteiger partial charge in [0.1, 0.15) is 5.76 Å². The van der Waals surface area contributed by atoms with E-state index in [4.69, 9.17) is 4.42 Å². The van der Waals surface area contributed by atoms with Gasteiger partial charge in [0.15, 0.2) is 6.39 Å². The molecule has 3 heterocycles. The number of hydrogen-bond donors (Lipinski definition) is 0. The molecule has 0 unspecified atom stereocenters. The first-order valence-corrected chi connectivity index (χ1v) is 17.8. The first-order valence-electron chi connectivity index (χ1n) is 16.1. The van der Waals surface area contributed by atoms with E-state index >= 15 is 0 Å². The van der Waals surface area contributed by atoms with Crippen molar-refractivity contribution in [1.82, 2.24) is 14.3 Å². The van der Waals surface area contributed by atoms with Crippen LogP contribution in [0.15, 0.2) is 22.5 Å². The van der Waals surface area contributed by atoms with Crippen LogP contribution in [0.5, 0.6) is 0 Å². The smallest absolute Gasteiger partial charge is 0.181 e. The zero-order valence-electron chi connectivity index (χ0n) is 31.5. The predicted molar refractivity (Wildman–Crippen MR) is 193 cm³/mol. The van der Waals surface area contributed by atoms with E-state index in [1.54, 1.807) is 22.9 Å². The molecule has 0 bridgehead atoms. The third kappa shape index (κ3) is 15.8. The van der Waals surface area contributed by atoms with Crippen LogP contribution < -0.4 is 0 Å². The van der Waals surface area contributed by atoms with Crippen molar-refractivity contribution in [3.63, 3.8) is 0 Å². The lowest BCUT2D eigenvalue weighted by atomic mass is 9.86. The fourth-order valence-electron chi connectivity index (χ4n) is 3.68. The standard InChI is InChI=1S/C10H17NO.2C10H17NS.3C2H6/c2*1-7(2)8-9(10(3,4)5)11-6-12-8;1-7(2)9-8(6-11-12-9)10(3,4)5;3*1-2/h3*6-7H,1-5H3;3*1-2H3. The second kappa shape index (κ2) is 21.2. The van der Waals surface area contributed by atoms with Crippen LogP contribution in [0.2, 0.25) is 0 Å². The van der Waals surface area contributed by atoms with Crippen LogP contribution in [0.25, 0.3) is 0 Å². The van der Waals surface area contributed by atoms with Gasteiger partial charge in [-0.15, -0.1) is 11.3 Å². The molecule has 0 aromatic carbocycles. The molecule has 0 aliphatic heterocycles. The summed E-state index contributed by atoms with van der Waals surface area (Å²) in [7, 11) is 0. The van der Waals surface area contributed by atoms with Crippen molar-refractivity contribution in [2.45, 2.75) is 179 Å². The lowest BCUT2D eigenvalue weighted by molar-refractivity contribution is 0.463.